The molecule has 1 atom stereocenters. The summed E-state index contributed by atoms with van der Waals surface area (Å²) in [6.07, 6.45) is 1.22. The number of halogens is 1. The van der Waals surface area contributed by atoms with Gasteiger partial charge in [-0.2, -0.15) is 5.10 Å². The molecule has 2 N–H and O–H groups in total. The van der Waals surface area contributed by atoms with Crippen LogP contribution in [-0.4, -0.2) is 63.3 Å². The first-order valence-electron chi connectivity index (χ1n) is 8.89. The third-order valence-electron chi connectivity index (χ3n) is 5.19. The van der Waals surface area contributed by atoms with Gasteiger partial charge in [-0.25, -0.2) is 4.68 Å². The summed E-state index contributed by atoms with van der Waals surface area (Å²) in [5.41, 5.74) is 0.0570. The van der Waals surface area contributed by atoms with Crippen molar-refractivity contribution in [1.29, 1.82) is 0 Å². The Morgan fingerprint density at radius 1 is 1.42 bits per heavy atom. The summed E-state index contributed by atoms with van der Waals surface area (Å²) in [7, 11) is 0. The van der Waals surface area contributed by atoms with Crippen LogP contribution < -0.4 is 5.32 Å². The second kappa shape index (κ2) is 7.75. The van der Waals surface area contributed by atoms with Crippen LogP contribution in [0.2, 0.25) is 0 Å². The van der Waals surface area contributed by atoms with E-state index in [1.54, 1.807) is 10.7 Å². The molecule has 1 unspecified atom stereocenters. The average Bonchev–Trinajstić information content (AvgIpc) is 3.23. The Labute approximate surface area is 161 Å². The van der Waals surface area contributed by atoms with Gasteiger partial charge < -0.3 is 9.84 Å². The molecule has 0 aromatic carbocycles. The Hall–Kier alpha value is -1.29. The minimum atomic E-state index is -0.725. The summed E-state index contributed by atoms with van der Waals surface area (Å²) in [5, 5.41) is 16.7. The van der Waals surface area contributed by atoms with Crippen molar-refractivity contribution in [2.75, 3.05) is 26.2 Å². The molecule has 8 nitrogen and oxygen atoms in total. The van der Waals surface area contributed by atoms with Gasteiger partial charge in [-0.1, -0.05) is 0 Å². The largest absolute Gasteiger partial charge is 0.481 e. The van der Waals surface area contributed by atoms with Gasteiger partial charge in [0.1, 0.15) is 10.3 Å². The number of ether oxygens (including phenoxy) is 1. The number of rotatable bonds is 6. The summed E-state index contributed by atoms with van der Waals surface area (Å²) in [4.78, 5) is 26.1. The van der Waals surface area contributed by atoms with Crippen LogP contribution >= 0.6 is 15.9 Å². The normalized spacial score (nSPS) is 22.7. The molecule has 0 radical (unpaired) electrons. The predicted molar refractivity (Wildman–Crippen MR) is 97.9 cm³/mol. The Morgan fingerprint density at radius 3 is 2.69 bits per heavy atom. The van der Waals surface area contributed by atoms with Gasteiger partial charge in [0.25, 0.3) is 0 Å². The molecule has 2 aliphatic heterocycles. The fraction of sp³-hybridized carbons (Fsp3) is 0.706. The molecule has 0 saturated carbocycles. The second-order valence-corrected chi connectivity index (χ2v) is 8.30. The lowest BCUT2D eigenvalue weighted by molar-refractivity contribution is -0.143. The maximum atomic E-state index is 12.8. The lowest BCUT2D eigenvalue weighted by Gasteiger charge is -2.42. The number of carboxylic acids is 1. The van der Waals surface area contributed by atoms with Gasteiger partial charge >= 0.3 is 5.97 Å². The van der Waals surface area contributed by atoms with Crippen LogP contribution in [0, 0.1) is 5.92 Å². The fourth-order valence-electron chi connectivity index (χ4n) is 3.57. The van der Waals surface area contributed by atoms with E-state index in [-0.39, 0.29) is 23.6 Å². The maximum absolute atomic E-state index is 12.8. The Kier molecular flexibility index (Phi) is 5.81. The van der Waals surface area contributed by atoms with Crippen LogP contribution in [0.15, 0.2) is 10.7 Å². The van der Waals surface area contributed by atoms with Crippen LogP contribution in [-0.2, 0) is 9.53 Å². The van der Waals surface area contributed by atoms with E-state index >= 15 is 0 Å². The van der Waals surface area contributed by atoms with Crippen LogP contribution in [0.25, 0.3) is 0 Å². The van der Waals surface area contributed by atoms with E-state index in [0.717, 1.165) is 6.54 Å². The molecule has 144 valence electrons. The molecule has 0 amide bonds. The third kappa shape index (κ3) is 4.16. The van der Waals surface area contributed by atoms with Crippen molar-refractivity contribution in [3.8, 4) is 0 Å². The van der Waals surface area contributed by atoms with Crippen molar-refractivity contribution >= 4 is 27.7 Å². The van der Waals surface area contributed by atoms with Gasteiger partial charge in [0, 0.05) is 24.6 Å². The minimum absolute atomic E-state index is 0.0344. The number of ketones is 1. The number of nitrogens with zero attached hydrogens (tertiary/aromatic N) is 3. The summed E-state index contributed by atoms with van der Waals surface area (Å²) in [6, 6.07) is 1.72. The molecule has 26 heavy (non-hydrogen) atoms. The Bertz CT molecular complexity index is 676. The third-order valence-corrected chi connectivity index (χ3v) is 5.78. The van der Waals surface area contributed by atoms with E-state index in [2.05, 4.69) is 31.2 Å². The summed E-state index contributed by atoms with van der Waals surface area (Å²) < 4.78 is 7.86. The van der Waals surface area contributed by atoms with Crippen molar-refractivity contribution in [3.63, 3.8) is 0 Å². The SMILES string of the molecule is CC(C)(CC(=O)c1cc(Br)n(C2NCCO2)n1)N1CCC(C(=O)O)CC1. The smallest absolute Gasteiger partial charge is 0.306 e. The number of aliphatic carboxylic acids is 1. The number of aromatic nitrogens is 2. The highest BCUT2D eigenvalue weighted by atomic mass is 79.9. The van der Waals surface area contributed by atoms with Crippen LogP contribution in [0.3, 0.4) is 0 Å². The van der Waals surface area contributed by atoms with Crippen molar-refractivity contribution in [1.82, 2.24) is 20.0 Å². The molecule has 0 spiro atoms. The molecule has 3 heterocycles. The van der Waals surface area contributed by atoms with Gasteiger partial charge in [0.05, 0.1) is 12.5 Å². The number of hydrogen-bond acceptors (Lipinski definition) is 6. The maximum Gasteiger partial charge on any atom is 0.306 e. The van der Waals surface area contributed by atoms with Crippen molar-refractivity contribution in [2.24, 2.45) is 5.92 Å². The van der Waals surface area contributed by atoms with E-state index in [4.69, 9.17) is 9.84 Å². The first kappa shape index (κ1) is 19.5. The van der Waals surface area contributed by atoms with Crippen LogP contribution in [0.5, 0.6) is 0 Å². The van der Waals surface area contributed by atoms with E-state index in [9.17, 15) is 9.59 Å². The molecule has 2 fully saturated rings. The summed E-state index contributed by atoms with van der Waals surface area (Å²) >= 11 is 3.43. The number of Topliss-reactive ketones (excluding diaryl/α,β-unsaturated/α-hetero) is 1. The van der Waals surface area contributed by atoms with Gasteiger partial charge in [-0.05, 0) is 55.7 Å². The number of piperidine rings is 1. The molecular formula is C17H25BrN4O4. The van der Waals surface area contributed by atoms with E-state index in [1.807, 2.05) is 13.8 Å². The molecule has 2 aliphatic rings. The number of hydrogen-bond donors (Lipinski definition) is 2. The average molecular weight is 429 g/mol. The highest BCUT2D eigenvalue weighted by Gasteiger charge is 2.35. The molecule has 0 aliphatic carbocycles. The second-order valence-electron chi connectivity index (χ2n) is 7.49. The monoisotopic (exact) mass is 428 g/mol. The molecule has 3 rings (SSSR count). The quantitative estimate of drug-likeness (QED) is 0.667. The number of carbonyl (C=O) groups excluding carboxylic acids is 1. The fourth-order valence-corrected chi connectivity index (χ4v) is 4.05. The number of likely N-dealkylation sites (tertiary alicyclic amines) is 1. The van der Waals surface area contributed by atoms with Gasteiger partial charge in [-0.3, -0.25) is 19.8 Å². The lowest BCUT2D eigenvalue weighted by Crippen LogP contribution is -2.50. The Balaban J connectivity index is 1.63. The zero-order valence-corrected chi connectivity index (χ0v) is 16.7. The van der Waals surface area contributed by atoms with Crippen molar-refractivity contribution in [3.05, 3.63) is 16.4 Å². The number of carbonyl (C=O) groups is 2. The first-order chi connectivity index (χ1) is 12.3. The lowest BCUT2D eigenvalue weighted by atomic mass is 9.89. The summed E-state index contributed by atoms with van der Waals surface area (Å²) in [6.45, 7) is 6.79. The highest BCUT2D eigenvalue weighted by molar-refractivity contribution is 9.10. The molecule has 1 aromatic heterocycles. The van der Waals surface area contributed by atoms with Crippen LogP contribution in [0.4, 0.5) is 0 Å². The number of carboxylic acid groups (broad SMARTS) is 1. The molecule has 1 aromatic rings. The van der Waals surface area contributed by atoms with Crippen LogP contribution in [0.1, 0.15) is 50.0 Å². The van der Waals surface area contributed by atoms with E-state index in [0.29, 0.717) is 49.3 Å². The topological polar surface area (TPSA) is 96.7 Å². The molecular weight excluding hydrogens is 404 g/mol. The van der Waals surface area contributed by atoms with Gasteiger partial charge in [0.15, 0.2) is 5.78 Å². The van der Waals surface area contributed by atoms with Gasteiger partial charge in [-0.15, -0.1) is 0 Å². The van der Waals surface area contributed by atoms with Crippen molar-refractivity contribution < 1.29 is 19.4 Å². The standard InChI is InChI=1S/C17H25BrN4O4/c1-17(2,21-6-3-11(4-7-21)15(24)25)10-13(23)12-9-14(18)22(20-12)16-19-5-8-26-16/h9,11,16,19H,3-8,10H2,1-2H3,(H,24,25). The number of nitrogens with one attached hydrogen (secondary N) is 1. The van der Waals surface area contributed by atoms with Crippen molar-refractivity contribution in [2.45, 2.75) is 45.0 Å². The zero-order chi connectivity index (χ0) is 18.9. The van der Waals surface area contributed by atoms with E-state index in [1.165, 1.54) is 0 Å². The van der Waals surface area contributed by atoms with Gasteiger partial charge in [0.2, 0.25) is 6.35 Å². The molecule has 2 saturated heterocycles. The summed E-state index contributed by atoms with van der Waals surface area (Å²) in [5.74, 6) is -1.03. The molecule has 9 heteroatoms. The highest BCUT2D eigenvalue weighted by Crippen LogP contribution is 2.28. The zero-order valence-electron chi connectivity index (χ0n) is 15.1. The molecule has 0 bridgehead atoms. The first-order valence-corrected chi connectivity index (χ1v) is 9.68. The van der Waals surface area contributed by atoms with E-state index < -0.39 is 5.97 Å². The minimum Gasteiger partial charge on any atom is -0.481 e. The predicted octanol–water partition coefficient (Wildman–Crippen LogP) is 1.87. The Morgan fingerprint density at radius 2 is 2.12 bits per heavy atom.